The summed E-state index contributed by atoms with van der Waals surface area (Å²) in [7, 11) is 0. The molecule has 0 aromatic carbocycles. The number of allylic oxidation sites excluding steroid dienone is 4. The van der Waals surface area contributed by atoms with Crippen molar-refractivity contribution >= 4 is 23.7 Å². The fourth-order valence-electron chi connectivity index (χ4n) is 5.91. The third-order valence-electron chi connectivity index (χ3n) is 8.85. The predicted molar refractivity (Wildman–Crippen MR) is 196 cm³/mol. The van der Waals surface area contributed by atoms with E-state index in [9.17, 15) is 24.3 Å². The van der Waals surface area contributed by atoms with E-state index in [1.807, 2.05) is 0 Å². The largest absolute Gasteiger partial charge is 0.481 e. The van der Waals surface area contributed by atoms with Gasteiger partial charge in [-0.25, -0.2) is 0 Å². The molecule has 3 amide bonds. The van der Waals surface area contributed by atoms with E-state index in [1.54, 1.807) is 0 Å². The molecule has 0 saturated carbocycles. The molecular formula is C40H72N2O5. The lowest BCUT2D eigenvalue weighted by Crippen LogP contribution is -2.51. The highest BCUT2D eigenvalue weighted by Gasteiger charge is 2.34. The number of carbonyl (C=O) groups excluding carboxylic acids is 3. The molecule has 0 rings (SSSR count). The summed E-state index contributed by atoms with van der Waals surface area (Å²) < 4.78 is 0. The third kappa shape index (κ3) is 28.3. The monoisotopic (exact) mass is 661 g/mol. The van der Waals surface area contributed by atoms with Gasteiger partial charge in [0.15, 0.2) is 0 Å². The van der Waals surface area contributed by atoms with Gasteiger partial charge in [0.2, 0.25) is 17.7 Å². The summed E-state index contributed by atoms with van der Waals surface area (Å²) in [6.07, 6.45) is 38.3. The lowest BCUT2D eigenvalue weighted by Gasteiger charge is -2.27. The number of imide groups is 1. The number of primary amides is 1. The van der Waals surface area contributed by atoms with Gasteiger partial charge in [-0.05, 0) is 64.2 Å². The Hall–Kier alpha value is -2.44. The maximum Gasteiger partial charge on any atom is 0.306 e. The lowest BCUT2D eigenvalue weighted by atomic mass is 10.0. The topological polar surface area (TPSA) is 118 Å². The number of rotatable bonds is 34. The summed E-state index contributed by atoms with van der Waals surface area (Å²) in [5.41, 5.74) is 5.47. The van der Waals surface area contributed by atoms with Gasteiger partial charge < -0.3 is 10.8 Å². The molecule has 0 aromatic heterocycles. The number of hydrogen-bond acceptors (Lipinski definition) is 4. The Labute approximate surface area is 288 Å². The lowest BCUT2D eigenvalue weighted by molar-refractivity contribution is -0.154. The maximum absolute atomic E-state index is 13.1. The Balaban J connectivity index is 4.33. The zero-order chi connectivity index (χ0) is 34.8. The molecule has 7 nitrogen and oxygen atoms in total. The summed E-state index contributed by atoms with van der Waals surface area (Å²) in [5.74, 6) is -3.21. The Morgan fingerprint density at radius 1 is 0.511 bits per heavy atom. The van der Waals surface area contributed by atoms with E-state index in [4.69, 9.17) is 5.73 Å². The van der Waals surface area contributed by atoms with Gasteiger partial charge in [-0.2, -0.15) is 0 Å². The number of aliphatic carboxylic acids is 1. The standard InChI is InChI=1S/C40H72N2O5/c1-3-5-7-9-11-13-15-17-19-21-23-25-27-29-31-33-37(43)42(36(40(41)47)35-39(45)46)38(44)34-32-30-28-26-24-22-20-18-16-14-12-10-8-6-4-2/h17-20,36H,3-16,21-35H2,1-2H3,(H2,41,47)(H,45,46)/t36-/m0/s1. The molecular weight excluding hydrogens is 588 g/mol. The van der Waals surface area contributed by atoms with Crippen LogP contribution < -0.4 is 5.73 Å². The second-order valence-electron chi connectivity index (χ2n) is 13.3. The van der Waals surface area contributed by atoms with E-state index in [0.717, 1.165) is 81.9 Å². The van der Waals surface area contributed by atoms with Crippen LogP contribution in [-0.4, -0.2) is 39.7 Å². The van der Waals surface area contributed by atoms with Crippen molar-refractivity contribution in [3.8, 4) is 0 Å². The summed E-state index contributed by atoms with van der Waals surface area (Å²) in [6.45, 7) is 4.48. The highest BCUT2D eigenvalue weighted by atomic mass is 16.4. The van der Waals surface area contributed by atoms with Gasteiger partial charge in [-0.3, -0.25) is 24.1 Å². The van der Waals surface area contributed by atoms with Crippen LogP contribution in [0.3, 0.4) is 0 Å². The van der Waals surface area contributed by atoms with Crippen LogP contribution in [0.5, 0.6) is 0 Å². The minimum absolute atomic E-state index is 0.111. The third-order valence-corrected chi connectivity index (χ3v) is 8.85. The minimum Gasteiger partial charge on any atom is -0.481 e. The van der Waals surface area contributed by atoms with Gasteiger partial charge in [0.1, 0.15) is 6.04 Å². The summed E-state index contributed by atoms with van der Waals surface area (Å²) in [4.78, 5) is 50.6. The normalized spacial score (nSPS) is 12.2. The van der Waals surface area contributed by atoms with E-state index >= 15 is 0 Å². The van der Waals surface area contributed by atoms with Gasteiger partial charge in [-0.1, -0.05) is 141 Å². The van der Waals surface area contributed by atoms with Crippen molar-refractivity contribution in [3.05, 3.63) is 24.3 Å². The first-order chi connectivity index (χ1) is 22.8. The molecule has 0 radical (unpaired) electrons. The first-order valence-corrected chi connectivity index (χ1v) is 19.5. The Kier molecular flexibility index (Phi) is 31.7. The van der Waals surface area contributed by atoms with Gasteiger partial charge in [0.25, 0.3) is 0 Å². The average Bonchev–Trinajstić information content (AvgIpc) is 3.04. The van der Waals surface area contributed by atoms with Crippen LogP contribution in [0.15, 0.2) is 24.3 Å². The zero-order valence-corrected chi connectivity index (χ0v) is 30.5. The van der Waals surface area contributed by atoms with Crippen LogP contribution >= 0.6 is 0 Å². The number of carboxylic acids is 1. The first-order valence-electron chi connectivity index (χ1n) is 19.5. The van der Waals surface area contributed by atoms with Crippen LogP contribution in [0, 0.1) is 0 Å². The van der Waals surface area contributed by atoms with E-state index in [0.29, 0.717) is 12.8 Å². The fourth-order valence-corrected chi connectivity index (χ4v) is 5.91. The van der Waals surface area contributed by atoms with Crippen molar-refractivity contribution < 1.29 is 24.3 Å². The van der Waals surface area contributed by atoms with Gasteiger partial charge >= 0.3 is 5.97 Å². The maximum atomic E-state index is 13.1. The molecule has 0 aliphatic carbocycles. The highest BCUT2D eigenvalue weighted by molar-refractivity contribution is 6.01. The number of carboxylic acid groups (broad SMARTS) is 1. The Bertz CT molecular complexity index is 802. The number of nitrogens with two attached hydrogens (primary N) is 1. The molecule has 0 saturated heterocycles. The van der Waals surface area contributed by atoms with Crippen molar-refractivity contribution in [2.75, 3.05) is 0 Å². The van der Waals surface area contributed by atoms with Gasteiger partial charge in [0.05, 0.1) is 6.42 Å². The highest BCUT2D eigenvalue weighted by Crippen LogP contribution is 2.17. The first kappa shape index (κ1) is 44.6. The van der Waals surface area contributed by atoms with Crippen molar-refractivity contribution in [3.63, 3.8) is 0 Å². The van der Waals surface area contributed by atoms with E-state index in [-0.39, 0.29) is 12.8 Å². The van der Waals surface area contributed by atoms with Gasteiger partial charge in [0, 0.05) is 12.8 Å². The van der Waals surface area contributed by atoms with Crippen LogP contribution in [0.2, 0.25) is 0 Å². The van der Waals surface area contributed by atoms with Crippen LogP contribution in [-0.2, 0) is 19.2 Å². The fraction of sp³-hybridized carbons (Fsp3) is 0.800. The number of amides is 3. The molecule has 0 bridgehead atoms. The Morgan fingerprint density at radius 2 is 0.809 bits per heavy atom. The molecule has 0 fully saturated rings. The van der Waals surface area contributed by atoms with E-state index < -0.39 is 36.2 Å². The summed E-state index contributed by atoms with van der Waals surface area (Å²) in [6, 6.07) is -1.45. The number of hydrogen-bond donors (Lipinski definition) is 2. The van der Waals surface area contributed by atoms with Crippen LogP contribution in [0.1, 0.15) is 200 Å². The molecule has 0 spiro atoms. The number of carbonyl (C=O) groups is 4. The summed E-state index contributed by atoms with van der Waals surface area (Å²) >= 11 is 0. The minimum atomic E-state index is -1.45. The van der Waals surface area contributed by atoms with E-state index in [2.05, 4.69) is 38.2 Å². The van der Waals surface area contributed by atoms with Crippen LogP contribution in [0.4, 0.5) is 0 Å². The molecule has 0 aliphatic heterocycles. The molecule has 0 aliphatic rings. The van der Waals surface area contributed by atoms with Crippen molar-refractivity contribution in [2.24, 2.45) is 5.73 Å². The van der Waals surface area contributed by atoms with Gasteiger partial charge in [-0.15, -0.1) is 0 Å². The molecule has 47 heavy (non-hydrogen) atoms. The Morgan fingerprint density at radius 3 is 1.11 bits per heavy atom. The molecule has 0 unspecified atom stereocenters. The van der Waals surface area contributed by atoms with Crippen molar-refractivity contribution in [2.45, 2.75) is 206 Å². The SMILES string of the molecule is CCCCCCCCC=CCCCCCCCC(=O)N(C(=O)CCCCCCCC=CCCCCCCCC)[C@@H](CC(=O)O)C(N)=O. The molecule has 0 aromatic rings. The molecule has 7 heteroatoms. The predicted octanol–water partition coefficient (Wildman–Crippen LogP) is 10.7. The number of nitrogens with zero attached hydrogens (tertiary/aromatic N) is 1. The molecule has 272 valence electrons. The molecule has 0 heterocycles. The average molecular weight is 661 g/mol. The van der Waals surface area contributed by atoms with Crippen molar-refractivity contribution in [1.29, 1.82) is 0 Å². The second kappa shape index (κ2) is 33.5. The smallest absolute Gasteiger partial charge is 0.306 e. The quantitative estimate of drug-likeness (QED) is 0.0526. The molecule has 3 N–H and O–H groups in total. The zero-order valence-electron chi connectivity index (χ0n) is 30.5. The number of unbranched alkanes of at least 4 members (excludes halogenated alkanes) is 22. The molecule has 1 atom stereocenters. The summed E-state index contributed by atoms with van der Waals surface area (Å²) in [5, 5.41) is 9.31. The van der Waals surface area contributed by atoms with Crippen molar-refractivity contribution in [1.82, 2.24) is 4.90 Å². The van der Waals surface area contributed by atoms with Crippen LogP contribution in [0.25, 0.3) is 0 Å². The van der Waals surface area contributed by atoms with E-state index in [1.165, 1.54) is 77.0 Å². The second-order valence-corrected chi connectivity index (χ2v) is 13.3.